The lowest BCUT2D eigenvalue weighted by Crippen LogP contribution is -2.52. The van der Waals surface area contributed by atoms with E-state index < -0.39 is 5.54 Å². The van der Waals surface area contributed by atoms with Crippen LogP contribution in [0.1, 0.15) is 31.9 Å². The molecule has 0 aliphatic heterocycles. The van der Waals surface area contributed by atoms with Crippen molar-refractivity contribution >= 4 is 11.7 Å². The van der Waals surface area contributed by atoms with Gasteiger partial charge in [-0.25, -0.2) is 0 Å². The number of hydrogen-bond acceptors (Lipinski definition) is 3. The Morgan fingerprint density at radius 1 is 1.37 bits per heavy atom. The minimum absolute atomic E-state index is 0.165. The number of aryl methyl sites for hydroxylation is 1. The number of amidine groups is 1. The molecule has 0 spiro atoms. The predicted molar refractivity (Wildman–Crippen MR) is 75.5 cm³/mol. The number of carbonyl (C=O) groups excluding carboxylic acids is 1. The van der Waals surface area contributed by atoms with Crippen molar-refractivity contribution in [3.63, 3.8) is 0 Å². The molecule has 0 aliphatic rings. The van der Waals surface area contributed by atoms with Crippen molar-refractivity contribution < 1.29 is 9.63 Å². The summed E-state index contributed by atoms with van der Waals surface area (Å²) in [7, 11) is 0. The molecule has 1 aromatic carbocycles. The van der Waals surface area contributed by atoms with Crippen molar-refractivity contribution in [2.24, 2.45) is 10.9 Å². The molecule has 1 rings (SSSR count). The standard InChI is InChI=1S/C14H21N3O2/c1-10-5-7-12(8-6-10)9-19-17-13(15)14(3,4)16-11(2)18/h5-8H,9H2,1-4H3,(H2,15,17)(H,16,18). The molecule has 104 valence electrons. The molecule has 0 aliphatic carbocycles. The molecule has 0 saturated heterocycles. The van der Waals surface area contributed by atoms with E-state index >= 15 is 0 Å². The average molecular weight is 263 g/mol. The van der Waals surface area contributed by atoms with Crippen molar-refractivity contribution in [1.82, 2.24) is 5.32 Å². The van der Waals surface area contributed by atoms with E-state index in [0.717, 1.165) is 5.56 Å². The highest BCUT2D eigenvalue weighted by molar-refractivity contribution is 5.92. The first-order valence-corrected chi connectivity index (χ1v) is 6.11. The molecule has 1 aromatic rings. The van der Waals surface area contributed by atoms with Gasteiger partial charge in [-0.15, -0.1) is 0 Å². The van der Waals surface area contributed by atoms with E-state index in [-0.39, 0.29) is 11.7 Å². The molecule has 5 nitrogen and oxygen atoms in total. The van der Waals surface area contributed by atoms with Crippen LogP contribution in [0.2, 0.25) is 0 Å². The highest BCUT2D eigenvalue weighted by Crippen LogP contribution is 2.06. The molecule has 1 amide bonds. The van der Waals surface area contributed by atoms with Crippen molar-refractivity contribution in [2.45, 2.75) is 39.8 Å². The smallest absolute Gasteiger partial charge is 0.217 e. The van der Waals surface area contributed by atoms with Gasteiger partial charge < -0.3 is 15.9 Å². The zero-order chi connectivity index (χ0) is 14.5. The third kappa shape index (κ3) is 4.99. The minimum atomic E-state index is -0.723. The Bertz CT molecular complexity index is 464. The first-order chi connectivity index (χ1) is 8.81. The van der Waals surface area contributed by atoms with Gasteiger partial charge in [0.05, 0.1) is 5.54 Å². The largest absolute Gasteiger partial charge is 0.389 e. The molecule has 0 fully saturated rings. The maximum atomic E-state index is 11.0. The zero-order valence-corrected chi connectivity index (χ0v) is 11.9. The van der Waals surface area contributed by atoms with Gasteiger partial charge in [-0.1, -0.05) is 35.0 Å². The highest BCUT2D eigenvalue weighted by atomic mass is 16.6. The molecule has 0 atom stereocenters. The van der Waals surface area contributed by atoms with Crippen molar-refractivity contribution in [3.8, 4) is 0 Å². The zero-order valence-electron chi connectivity index (χ0n) is 11.9. The quantitative estimate of drug-likeness (QED) is 0.482. The van der Waals surface area contributed by atoms with Gasteiger partial charge in [0.25, 0.3) is 0 Å². The fourth-order valence-electron chi connectivity index (χ4n) is 1.48. The van der Waals surface area contributed by atoms with Crippen molar-refractivity contribution in [1.29, 1.82) is 0 Å². The average Bonchev–Trinajstić information content (AvgIpc) is 2.30. The summed E-state index contributed by atoms with van der Waals surface area (Å²) in [6.07, 6.45) is 0. The second-order valence-corrected chi connectivity index (χ2v) is 5.04. The van der Waals surface area contributed by atoms with Gasteiger partial charge >= 0.3 is 0 Å². The number of oxime groups is 1. The van der Waals surface area contributed by atoms with E-state index in [9.17, 15) is 4.79 Å². The van der Waals surface area contributed by atoms with Gasteiger partial charge in [0.15, 0.2) is 5.84 Å². The first-order valence-electron chi connectivity index (χ1n) is 6.11. The molecule has 0 bridgehead atoms. The van der Waals surface area contributed by atoms with Gasteiger partial charge in [0.2, 0.25) is 5.91 Å². The van der Waals surface area contributed by atoms with E-state index in [1.165, 1.54) is 12.5 Å². The van der Waals surface area contributed by atoms with Crippen LogP contribution in [0.5, 0.6) is 0 Å². The Labute approximate surface area is 113 Å². The van der Waals surface area contributed by atoms with E-state index in [4.69, 9.17) is 10.6 Å². The van der Waals surface area contributed by atoms with E-state index in [0.29, 0.717) is 6.61 Å². The lowest BCUT2D eigenvalue weighted by Gasteiger charge is -2.24. The van der Waals surface area contributed by atoms with Gasteiger partial charge in [-0.3, -0.25) is 4.79 Å². The summed E-state index contributed by atoms with van der Waals surface area (Å²) < 4.78 is 0. The second kappa shape index (κ2) is 6.22. The lowest BCUT2D eigenvalue weighted by atomic mass is 10.0. The van der Waals surface area contributed by atoms with Crippen LogP contribution in [0.3, 0.4) is 0 Å². The SMILES string of the molecule is CC(=O)NC(C)(C)C(N)=NOCc1ccc(C)cc1. The number of amides is 1. The summed E-state index contributed by atoms with van der Waals surface area (Å²) in [4.78, 5) is 16.2. The van der Waals surface area contributed by atoms with E-state index in [1.807, 2.05) is 31.2 Å². The molecule has 0 saturated carbocycles. The normalized spacial score (nSPS) is 12.1. The Morgan fingerprint density at radius 3 is 2.47 bits per heavy atom. The fraction of sp³-hybridized carbons (Fsp3) is 0.429. The number of carbonyl (C=O) groups is 1. The molecule has 0 radical (unpaired) electrons. The van der Waals surface area contributed by atoms with Crippen molar-refractivity contribution in [3.05, 3.63) is 35.4 Å². The predicted octanol–water partition coefficient (Wildman–Crippen LogP) is 1.70. The first kappa shape index (κ1) is 15.0. The molecule has 19 heavy (non-hydrogen) atoms. The van der Waals surface area contributed by atoms with E-state index in [2.05, 4.69) is 10.5 Å². The monoisotopic (exact) mass is 263 g/mol. The van der Waals surface area contributed by atoms with Crippen LogP contribution in [0.15, 0.2) is 29.4 Å². The molecule has 5 heteroatoms. The van der Waals surface area contributed by atoms with Gasteiger partial charge in [-0.05, 0) is 26.3 Å². The Kier molecular flexibility index (Phi) is 4.92. The summed E-state index contributed by atoms with van der Waals surface area (Å²) in [6, 6.07) is 7.96. The molecule has 3 N–H and O–H groups in total. The number of nitrogens with two attached hydrogens (primary N) is 1. The lowest BCUT2D eigenvalue weighted by molar-refractivity contribution is -0.119. The summed E-state index contributed by atoms with van der Waals surface area (Å²) in [6.45, 7) is 7.33. The Morgan fingerprint density at radius 2 is 1.95 bits per heavy atom. The minimum Gasteiger partial charge on any atom is -0.389 e. The Hall–Kier alpha value is -2.04. The van der Waals surface area contributed by atoms with Gasteiger partial charge in [0, 0.05) is 6.92 Å². The number of rotatable bonds is 5. The maximum absolute atomic E-state index is 11.0. The van der Waals surface area contributed by atoms with Gasteiger partial charge in [-0.2, -0.15) is 0 Å². The maximum Gasteiger partial charge on any atom is 0.217 e. The fourth-order valence-corrected chi connectivity index (χ4v) is 1.48. The highest BCUT2D eigenvalue weighted by Gasteiger charge is 2.24. The number of nitrogens with one attached hydrogen (secondary N) is 1. The third-order valence-electron chi connectivity index (χ3n) is 2.64. The molecular formula is C14H21N3O2. The van der Waals surface area contributed by atoms with Crippen molar-refractivity contribution in [2.75, 3.05) is 0 Å². The topological polar surface area (TPSA) is 76.7 Å². The van der Waals surface area contributed by atoms with Crippen LogP contribution < -0.4 is 11.1 Å². The molecule has 0 aromatic heterocycles. The number of hydrogen-bond donors (Lipinski definition) is 2. The van der Waals surface area contributed by atoms with Crippen LogP contribution in [-0.4, -0.2) is 17.3 Å². The number of nitrogens with zero attached hydrogens (tertiary/aromatic N) is 1. The summed E-state index contributed by atoms with van der Waals surface area (Å²) in [5.74, 6) is 0.0662. The summed E-state index contributed by atoms with van der Waals surface area (Å²) in [5.41, 5.74) is 7.28. The van der Waals surface area contributed by atoms with Crippen LogP contribution in [0.4, 0.5) is 0 Å². The summed E-state index contributed by atoms with van der Waals surface area (Å²) in [5, 5.41) is 6.55. The summed E-state index contributed by atoms with van der Waals surface area (Å²) >= 11 is 0. The van der Waals surface area contributed by atoms with Crippen LogP contribution in [0, 0.1) is 6.92 Å². The van der Waals surface area contributed by atoms with Crippen LogP contribution in [-0.2, 0) is 16.2 Å². The van der Waals surface area contributed by atoms with Gasteiger partial charge in [0.1, 0.15) is 6.61 Å². The molecule has 0 unspecified atom stereocenters. The van der Waals surface area contributed by atoms with Crippen LogP contribution in [0.25, 0.3) is 0 Å². The number of benzene rings is 1. The van der Waals surface area contributed by atoms with Crippen LogP contribution >= 0.6 is 0 Å². The Balaban J connectivity index is 2.56. The molecule has 0 heterocycles. The molecular weight excluding hydrogens is 242 g/mol. The third-order valence-corrected chi connectivity index (χ3v) is 2.64. The van der Waals surface area contributed by atoms with E-state index in [1.54, 1.807) is 13.8 Å². The second-order valence-electron chi connectivity index (χ2n) is 5.04.